The fourth-order valence-corrected chi connectivity index (χ4v) is 4.56. The Labute approximate surface area is 164 Å². The van der Waals surface area contributed by atoms with Crippen molar-refractivity contribution in [2.75, 3.05) is 36.4 Å². The Morgan fingerprint density at radius 3 is 2.54 bits per heavy atom. The first kappa shape index (κ1) is 18.4. The van der Waals surface area contributed by atoms with Crippen molar-refractivity contribution < 1.29 is 13.2 Å². The molecule has 0 atom stereocenters. The van der Waals surface area contributed by atoms with Gasteiger partial charge < -0.3 is 15.1 Å². The molecular weight excluding hydrogens is 378 g/mol. The fourth-order valence-electron chi connectivity index (χ4n) is 3.38. The number of anilines is 2. The molecular formula is C19H21N5O3S. The number of benzene rings is 1. The van der Waals surface area contributed by atoms with Gasteiger partial charge in [-0.05, 0) is 24.3 Å². The molecule has 0 saturated carbocycles. The van der Waals surface area contributed by atoms with Crippen LogP contribution in [0.3, 0.4) is 0 Å². The van der Waals surface area contributed by atoms with Crippen molar-refractivity contribution in [3.8, 4) is 0 Å². The summed E-state index contributed by atoms with van der Waals surface area (Å²) in [4.78, 5) is 21.0. The van der Waals surface area contributed by atoms with Crippen LogP contribution in [0.25, 0.3) is 0 Å². The number of amidine groups is 1. The smallest absolute Gasteiger partial charge is 0.286 e. The largest absolute Gasteiger partial charge is 0.353 e. The average molecular weight is 399 g/mol. The summed E-state index contributed by atoms with van der Waals surface area (Å²) >= 11 is 0. The normalized spacial score (nSPS) is 18.1. The standard InChI is InChI=1S/C19H21N5O3S/c25-19(24-13-11-23(12-14-24)18-7-3-4-10-20-18)9-8-17-21-15-5-1-2-6-16(15)28(26,27)22-17/h1-7,10H,8-9,11-14H2,(H,21,22). The van der Waals surface area contributed by atoms with Crippen LogP contribution in [0.2, 0.25) is 0 Å². The molecule has 2 aromatic rings. The summed E-state index contributed by atoms with van der Waals surface area (Å²) in [7, 11) is -3.71. The van der Waals surface area contributed by atoms with Crippen molar-refractivity contribution >= 4 is 33.3 Å². The number of nitrogens with zero attached hydrogens (tertiary/aromatic N) is 4. The molecule has 3 heterocycles. The van der Waals surface area contributed by atoms with E-state index in [1.807, 2.05) is 23.1 Å². The number of fused-ring (bicyclic) bond motifs is 1. The van der Waals surface area contributed by atoms with Gasteiger partial charge in [-0.15, -0.1) is 4.40 Å². The molecule has 0 aliphatic carbocycles. The maximum atomic E-state index is 12.6. The third-order valence-corrected chi connectivity index (χ3v) is 6.23. The minimum absolute atomic E-state index is 0.00132. The number of aromatic nitrogens is 1. The van der Waals surface area contributed by atoms with Crippen LogP contribution in [-0.4, -0.2) is 56.2 Å². The topological polar surface area (TPSA) is 95.0 Å². The Morgan fingerprint density at radius 1 is 1.04 bits per heavy atom. The van der Waals surface area contributed by atoms with Crippen LogP contribution >= 0.6 is 0 Å². The lowest BCUT2D eigenvalue weighted by Gasteiger charge is -2.35. The lowest BCUT2D eigenvalue weighted by Crippen LogP contribution is -2.49. The Morgan fingerprint density at radius 2 is 1.79 bits per heavy atom. The summed E-state index contributed by atoms with van der Waals surface area (Å²) in [5.74, 6) is 1.22. The van der Waals surface area contributed by atoms with Gasteiger partial charge in [0.25, 0.3) is 10.0 Å². The van der Waals surface area contributed by atoms with Crippen LogP contribution in [0.5, 0.6) is 0 Å². The number of hydrogen-bond donors (Lipinski definition) is 1. The number of piperazine rings is 1. The quantitative estimate of drug-likeness (QED) is 0.841. The Hall–Kier alpha value is -2.94. The monoisotopic (exact) mass is 399 g/mol. The van der Waals surface area contributed by atoms with E-state index in [0.29, 0.717) is 24.6 Å². The van der Waals surface area contributed by atoms with E-state index in [1.54, 1.807) is 24.4 Å². The summed E-state index contributed by atoms with van der Waals surface area (Å²) in [5, 5.41) is 3.02. The van der Waals surface area contributed by atoms with Gasteiger partial charge in [0.1, 0.15) is 16.5 Å². The summed E-state index contributed by atoms with van der Waals surface area (Å²) in [6.07, 6.45) is 2.23. The second kappa shape index (κ2) is 7.59. The van der Waals surface area contributed by atoms with Gasteiger partial charge in [0.15, 0.2) is 0 Å². The molecule has 4 rings (SSSR count). The molecule has 1 saturated heterocycles. The first-order valence-corrected chi connectivity index (χ1v) is 10.6. The van der Waals surface area contributed by atoms with E-state index < -0.39 is 10.0 Å². The van der Waals surface area contributed by atoms with Gasteiger partial charge in [-0.1, -0.05) is 18.2 Å². The first-order valence-electron chi connectivity index (χ1n) is 9.16. The molecule has 1 aromatic carbocycles. The highest BCUT2D eigenvalue weighted by atomic mass is 32.2. The number of carbonyl (C=O) groups is 1. The van der Waals surface area contributed by atoms with E-state index in [9.17, 15) is 13.2 Å². The van der Waals surface area contributed by atoms with Gasteiger partial charge in [-0.3, -0.25) is 4.79 Å². The predicted octanol–water partition coefficient (Wildman–Crippen LogP) is 1.72. The SMILES string of the molecule is O=C(CCC1=NS(=O)(=O)c2ccccc2N1)N1CCN(c2ccccn2)CC1. The van der Waals surface area contributed by atoms with Crippen molar-refractivity contribution in [1.82, 2.24) is 9.88 Å². The van der Waals surface area contributed by atoms with Crippen molar-refractivity contribution in [3.05, 3.63) is 48.7 Å². The van der Waals surface area contributed by atoms with Crippen LogP contribution in [0.1, 0.15) is 12.8 Å². The molecule has 2 aliphatic heterocycles. The van der Waals surface area contributed by atoms with Gasteiger partial charge in [0.05, 0.1) is 5.69 Å². The van der Waals surface area contributed by atoms with E-state index >= 15 is 0 Å². The van der Waals surface area contributed by atoms with Gasteiger partial charge in [0.2, 0.25) is 5.91 Å². The summed E-state index contributed by atoms with van der Waals surface area (Å²) in [6.45, 7) is 2.69. The number of pyridine rings is 1. The molecule has 1 fully saturated rings. The van der Waals surface area contributed by atoms with Gasteiger partial charge in [0, 0.05) is 45.2 Å². The zero-order chi connectivity index (χ0) is 19.6. The molecule has 9 heteroatoms. The summed E-state index contributed by atoms with van der Waals surface area (Å²) in [6, 6.07) is 12.4. The Bertz CT molecular complexity index is 999. The number of para-hydroxylation sites is 1. The third kappa shape index (κ3) is 3.84. The average Bonchev–Trinajstić information content (AvgIpc) is 2.72. The summed E-state index contributed by atoms with van der Waals surface area (Å²) < 4.78 is 28.3. The van der Waals surface area contributed by atoms with E-state index in [-0.39, 0.29) is 23.6 Å². The molecule has 0 spiro atoms. The van der Waals surface area contributed by atoms with Crippen molar-refractivity contribution in [3.63, 3.8) is 0 Å². The second-order valence-corrected chi connectivity index (χ2v) is 8.26. The lowest BCUT2D eigenvalue weighted by molar-refractivity contribution is -0.131. The maximum Gasteiger partial charge on any atom is 0.286 e. The number of nitrogens with one attached hydrogen (secondary N) is 1. The zero-order valence-electron chi connectivity index (χ0n) is 15.3. The maximum absolute atomic E-state index is 12.6. The molecule has 0 bridgehead atoms. The Balaban J connectivity index is 1.33. The van der Waals surface area contributed by atoms with E-state index in [0.717, 1.165) is 18.9 Å². The molecule has 28 heavy (non-hydrogen) atoms. The fraction of sp³-hybridized carbons (Fsp3) is 0.316. The predicted molar refractivity (Wildman–Crippen MR) is 107 cm³/mol. The van der Waals surface area contributed by atoms with E-state index in [1.165, 1.54) is 6.07 Å². The molecule has 146 valence electrons. The van der Waals surface area contributed by atoms with E-state index in [4.69, 9.17) is 0 Å². The molecule has 1 amide bonds. The van der Waals surface area contributed by atoms with Crippen LogP contribution < -0.4 is 10.2 Å². The van der Waals surface area contributed by atoms with Crippen molar-refractivity contribution in [2.24, 2.45) is 4.40 Å². The van der Waals surface area contributed by atoms with Gasteiger partial charge in [-0.25, -0.2) is 4.98 Å². The summed E-state index contributed by atoms with van der Waals surface area (Å²) in [5.41, 5.74) is 0.504. The highest BCUT2D eigenvalue weighted by molar-refractivity contribution is 7.90. The van der Waals surface area contributed by atoms with Crippen molar-refractivity contribution in [2.45, 2.75) is 17.7 Å². The second-order valence-electron chi connectivity index (χ2n) is 6.69. The number of carbonyl (C=O) groups excluding carboxylic acids is 1. The molecule has 2 aliphatic rings. The first-order chi connectivity index (χ1) is 13.5. The van der Waals surface area contributed by atoms with Crippen LogP contribution in [0.15, 0.2) is 58.0 Å². The molecule has 0 radical (unpaired) electrons. The van der Waals surface area contributed by atoms with Crippen LogP contribution in [0.4, 0.5) is 11.5 Å². The zero-order valence-corrected chi connectivity index (χ0v) is 16.1. The van der Waals surface area contributed by atoms with Crippen LogP contribution in [0, 0.1) is 0 Å². The third-order valence-electron chi connectivity index (χ3n) is 4.86. The highest BCUT2D eigenvalue weighted by Gasteiger charge is 2.26. The molecule has 8 nitrogen and oxygen atoms in total. The van der Waals surface area contributed by atoms with Gasteiger partial charge in [-0.2, -0.15) is 8.42 Å². The van der Waals surface area contributed by atoms with E-state index in [2.05, 4.69) is 19.6 Å². The number of sulfonamides is 1. The minimum atomic E-state index is -3.71. The number of rotatable bonds is 4. The lowest BCUT2D eigenvalue weighted by atomic mass is 10.2. The highest BCUT2D eigenvalue weighted by Crippen LogP contribution is 2.27. The minimum Gasteiger partial charge on any atom is -0.353 e. The van der Waals surface area contributed by atoms with Crippen LogP contribution in [-0.2, 0) is 14.8 Å². The van der Waals surface area contributed by atoms with Crippen molar-refractivity contribution in [1.29, 1.82) is 0 Å². The molecule has 0 unspecified atom stereocenters. The molecule has 1 N–H and O–H groups in total. The molecule has 1 aromatic heterocycles. The number of hydrogen-bond acceptors (Lipinski definition) is 6. The number of amides is 1. The van der Waals surface area contributed by atoms with Gasteiger partial charge >= 0.3 is 0 Å². The Kier molecular flexibility index (Phi) is 4.99.